The van der Waals surface area contributed by atoms with Crippen LogP contribution in [0.3, 0.4) is 0 Å². The molecule has 1 fully saturated rings. The minimum Gasteiger partial charge on any atom is -0.267 e. The highest BCUT2D eigenvalue weighted by atomic mass is 16.3. The number of hydrogen-bond acceptors (Lipinski definition) is 3. The summed E-state index contributed by atoms with van der Waals surface area (Å²) in [6, 6.07) is 0.537. The van der Waals surface area contributed by atoms with Gasteiger partial charge in [0.25, 0.3) is 0 Å². The third-order valence-electron chi connectivity index (χ3n) is 1.61. The number of rotatable bonds is 2. The molecule has 1 heterocycles. The summed E-state index contributed by atoms with van der Waals surface area (Å²) in [6.07, 6.45) is 5.54. The summed E-state index contributed by atoms with van der Waals surface area (Å²) < 4.78 is 1.80. The first kappa shape index (κ1) is 5.58. The van der Waals surface area contributed by atoms with Gasteiger partial charge in [-0.15, -0.1) is 4.91 Å². The van der Waals surface area contributed by atoms with Crippen LogP contribution in [0.15, 0.2) is 17.6 Å². The predicted octanol–water partition coefficient (Wildman–Crippen LogP) is 1.62. The van der Waals surface area contributed by atoms with E-state index in [9.17, 15) is 4.91 Å². The molecule has 4 nitrogen and oxygen atoms in total. The first-order valence-electron chi connectivity index (χ1n) is 3.27. The van der Waals surface area contributed by atoms with Crippen molar-refractivity contribution < 1.29 is 0 Å². The second-order valence-corrected chi connectivity index (χ2v) is 2.50. The first-order chi connectivity index (χ1) is 4.90. The quantitative estimate of drug-likeness (QED) is 0.581. The molecule has 2 rings (SSSR count). The van der Waals surface area contributed by atoms with Crippen LogP contribution in [0.4, 0.5) is 5.69 Å². The highest BCUT2D eigenvalue weighted by Gasteiger charge is 2.24. The topological polar surface area (TPSA) is 47.2 Å². The van der Waals surface area contributed by atoms with E-state index < -0.39 is 0 Å². The molecule has 52 valence electrons. The van der Waals surface area contributed by atoms with Gasteiger partial charge in [-0.25, -0.2) is 0 Å². The lowest BCUT2D eigenvalue weighted by molar-refractivity contribution is 0.641. The van der Waals surface area contributed by atoms with Crippen molar-refractivity contribution in [3.05, 3.63) is 17.3 Å². The molecule has 4 heteroatoms. The van der Waals surface area contributed by atoms with Crippen molar-refractivity contribution in [3.8, 4) is 0 Å². The zero-order valence-electron chi connectivity index (χ0n) is 5.40. The largest absolute Gasteiger partial charge is 0.267 e. The van der Waals surface area contributed by atoms with E-state index in [-0.39, 0.29) is 0 Å². The molecule has 0 aliphatic heterocycles. The summed E-state index contributed by atoms with van der Waals surface area (Å²) >= 11 is 0. The zero-order valence-corrected chi connectivity index (χ0v) is 5.40. The summed E-state index contributed by atoms with van der Waals surface area (Å²) in [7, 11) is 0. The molecule has 1 aliphatic rings. The Morgan fingerprint density at radius 2 is 2.50 bits per heavy atom. The number of aromatic nitrogens is 2. The predicted molar refractivity (Wildman–Crippen MR) is 36.0 cm³/mol. The summed E-state index contributed by atoms with van der Waals surface area (Å²) in [6.45, 7) is 0. The van der Waals surface area contributed by atoms with Crippen LogP contribution in [0.1, 0.15) is 18.9 Å². The van der Waals surface area contributed by atoms with Crippen molar-refractivity contribution in [2.75, 3.05) is 0 Å². The highest BCUT2D eigenvalue weighted by Crippen LogP contribution is 2.34. The maximum atomic E-state index is 9.96. The summed E-state index contributed by atoms with van der Waals surface area (Å²) in [5.41, 5.74) is 0.423. The van der Waals surface area contributed by atoms with Crippen LogP contribution >= 0.6 is 0 Å². The van der Waals surface area contributed by atoms with Crippen LogP contribution in [-0.4, -0.2) is 9.78 Å². The molecule has 0 saturated heterocycles. The van der Waals surface area contributed by atoms with Crippen molar-refractivity contribution in [2.24, 2.45) is 5.18 Å². The molecule has 0 amide bonds. The van der Waals surface area contributed by atoms with Crippen LogP contribution in [0.25, 0.3) is 0 Å². The fraction of sp³-hybridized carbons (Fsp3) is 0.500. The van der Waals surface area contributed by atoms with E-state index in [2.05, 4.69) is 10.3 Å². The van der Waals surface area contributed by atoms with Crippen LogP contribution in [0, 0.1) is 4.91 Å². The molecule has 1 aromatic heterocycles. The van der Waals surface area contributed by atoms with Gasteiger partial charge in [-0.2, -0.15) is 5.10 Å². The van der Waals surface area contributed by atoms with E-state index in [0.29, 0.717) is 11.7 Å². The molecular formula is C6H7N3O. The van der Waals surface area contributed by atoms with Gasteiger partial charge in [-0.3, -0.25) is 4.68 Å². The van der Waals surface area contributed by atoms with Crippen LogP contribution in [-0.2, 0) is 0 Å². The Bertz CT molecular complexity index is 251. The molecule has 0 aromatic carbocycles. The van der Waals surface area contributed by atoms with Gasteiger partial charge in [-0.05, 0) is 18.0 Å². The van der Waals surface area contributed by atoms with Gasteiger partial charge in [0, 0.05) is 0 Å². The minimum atomic E-state index is 0.423. The molecule has 1 saturated carbocycles. The molecule has 0 spiro atoms. The normalized spacial score (nSPS) is 17.2. The van der Waals surface area contributed by atoms with E-state index in [0.717, 1.165) is 0 Å². The summed E-state index contributed by atoms with van der Waals surface area (Å²) in [5, 5.41) is 6.74. The van der Waals surface area contributed by atoms with E-state index in [1.54, 1.807) is 10.9 Å². The number of nitroso groups, excluding NO2 is 1. The van der Waals surface area contributed by atoms with E-state index >= 15 is 0 Å². The van der Waals surface area contributed by atoms with Gasteiger partial charge in [0.15, 0.2) is 0 Å². The zero-order chi connectivity index (χ0) is 6.97. The average molecular weight is 137 g/mol. The maximum absolute atomic E-state index is 9.96. The third kappa shape index (κ3) is 0.814. The van der Waals surface area contributed by atoms with E-state index in [4.69, 9.17) is 0 Å². The molecule has 0 unspecified atom stereocenters. The summed E-state index contributed by atoms with van der Waals surface area (Å²) in [5.74, 6) is 0. The van der Waals surface area contributed by atoms with Crippen molar-refractivity contribution in [1.29, 1.82) is 0 Å². The molecule has 0 bridgehead atoms. The van der Waals surface area contributed by atoms with Gasteiger partial charge in [0.05, 0.1) is 18.4 Å². The lowest BCUT2D eigenvalue weighted by Gasteiger charge is -1.91. The lowest BCUT2D eigenvalue weighted by atomic mass is 10.6. The van der Waals surface area contributed by atoms with Crippen molar-refractivity contribution in [3.63, 3.8) is 0 Å². The second-order valence-electron chi connectivity index (χ2n) is 2.50. The van der Waals surface area contributed by atoms with Gasteiger partial charge >= 0.3 is 0 Å². The van der Waals surface area contributed by atoms with Crippen molar-refractivity contribution >= 4 is 5.69 Å². The fourth-order valence-corrected chi connectivity index (χ4v) is 0.914. The smallest absolute Gasteiger partial charge is 0.145 e. The van der Waals surface area contributed by atoms with Gasteiger partial charge in [-0.1, -0.05) is 0 Å². The Kier molecular flexibility index (Phi) is 1.06. The van der Waals surface area contributed by atoms with E-state index in [1.807, 2.05) is 0 Å². The van der Waals surface area contributed by atoms with Crippen LogP contribution < -0.4 is 0 Å². The Balaban J connectivity index is 2.26. The molecule has 0 radical (unpaired) electrons. The maximum Gasteiger partial charge on any atom is 0.145 e. The average Bonchev–Trinajstić information content (AvgIpc) is 2.70. The van der Waals surface area contributed by atoms with Crippen molar-refractivity contribution in [1.82, 2.24) is 9.78 Å². The lowest BCUT2D eigenvalue weighted by Crippen LogP contribution is -1.91. The third-order valence-corrected chi connectivity index (χ3v) is 1.61. The Labute approximate surface area is 57.8 Å². The number of nitrogens with zero attached hydrogens (tertiary/aromatic N) is 3. The minimum absolute atomic E-state index is 0.423. The van der Waals surface area contributed by atoms with Gasteiger partial charge in [0.1, 0.15) is 5.69 Å². The summed E-state index contributed by atoms with van der Waals surface area (Å²) in [4.78, 5) is 9.96. The van der Waals surface area contributed by atoms with Crippen molar-refractivity contribution in [2.45, 2.75) is 18.9 Å². The Morgan fingerprint density at radius 1 is 1.70 bits per heavy atom. The SMILES string of the molecule is O=Nc1cnn(C2CC2)c1. The molecule has 0 N–H and O–H groups in total. The van der Waals surface area contributed by atoms with Crippen LogP contribution in [0.2, 0.25) is 0 Å². The molecule has 0 atom stereocenters. The molecule has 1 aliphatic carbocycles. The molecular weight excluding hydrogens is 130 g/mol. The molecule has 1 aromatic rings. The second kappa shape index (κ2) is 1.90. The fourth-order valence-electron chi connectivity index (χ4n) is 0.914. The Morgan fingerprint density at radius 3 is 3.00 bits per heavy atom. The van der Waals surface area contributed by atoms with Gasteiger partial charge < -0.3 is 0 Å². The Hall–Kier alpha value is -1.19. The first-order valence-corrected chi connectivity index (χ1v) is 3.27. The molecule has 10 heavy (non-hydrogen) atoms. The van der Waals surface area contributed by atoms with Crippen LogP contribution in [0.5, 0.6) is 0 Å². The van der Waals surface area contributed by atoms with E-state index in [1.165, 1.54) is 19.0 Å². The van der Waals surface area contributed by atoms with Gasteiger partial charge in [0.2, 0.25) is 0 Å². The monoisotopic (exact) mass is 137 g/mol. The highest BCUT2D eigenvalue weighted by molar-refractivity contribution is 5.29. The number of hydrogen-bond donors (Lipinski definition) is 0. The standard InChI is InChI=1S/C6H7N3O/c10-8-5-3-7-9(4-5)6-1-2-6/h3-4,6H,1-2H2.